The van der Waals surface area contributed by atoms with Crippen LogP contribution in [-0.4, -0.2) is 26.0 Å². The van der Waals surface area contributed by atoms with E-state index in [1.54, 1.807) is 6.07 Å². The van der Waals surface area contributed by atoms with Crippen LogP contribution in [0.4, 0.5) is 0 Å². The van der Waals surface area contributed by atoms with Crippen molar-refractivity contribution in [2.75, 3.05) is 6.54 Å². The summed E-state index contributed by atoms with van der Waals surface area (Å²) in [4.78, 5) is 19.9. The fraction of sp³-hybridized carbons (Fsp3) is 0.389. The van der Waals surface area contributed by atoms with E-state index in [1.807, 2.05) is 13.0 Å². The van der Waals surface area contributed by atoms with E-state index in [4.69, 9.17) is 0 Å². The zero-order valence-electron chi connectivity index (χ0n) is 14.6. The van der Waals surface area contributed by atoms with E-state index < -0.39 is 0 Å². The van der Waals surface area contributed by atoms with E-state index in [0.29, 0.717) is 11.5 Å². The van der Waals surface area contributed by atoms with E-state index in [9.17, 15) is 4.79 Å². The van der Waals surface area contributed by atoms with Crippen LogP contribution in [0.25, 0.3) is 4.96 Å². The number of aromatic nitrogens is 3. The van der Waals surface area contributed by atoms with Crippen molar-refractivity contribution >= 4 is 32.2 Å². The third-order valence-electron chi connectivity index (χ3n) is 4.18. The van der Waals surface area contributed by atoms with Gasteiger partial charge in [0, 0.05) is 23.1 Å². The first kappa shape index (κ1) is 18.2. The lowest BCUT2D eigenvalue weighted by atomic mass is 10.1. The molecule has 0 aliphatic carbocycles. The second-order valence-corrected chi connectivity index (χ2v) is 8.08. The lowest BCUT2D eigenvalue weighted by molar-refractivity contribution is 0.199. The summed E-state index contributed by atoms with van der Waals surface area (Å²) < 4.78 is 2.48. The third kappa shape index (κ3) is 3.99. The molecule has 5 nitrogen and oxygen atoms in total. The molecule has 0 amide bonds. The zero-order valence-corrected chi connectivity index (χ0v) is 17.0. The summed E-state index contributed by atoms with van der Waals surface area (Å²) in [6.45, 7) is 7.82. The minimum atomic E-state index is -0.116. The predicted octanol–water partition coefficient (Wildman–Crippen LogP) is 4.20. The lowest BCUT2D eigenvalue weighted by Crippen LogP contribution is -2.29. The minimum absolute atomic E-state index is 0.116. The largest absolute Gasteiger partial charge is 0.291 e. The van der Waals surface area contributed by atoms with E-state index in [2.05, 4.69) is 63.0 Å². The molecule has 1 atom stereocenters. The van der Waals surface area contributed by atoms with Gasteiger partial charge in [0.15, 0.2) is 0 Å². The maximum Gasteiger partial charge on any atom is 0.275 e. The Morgan fingerprint density at radius 1 is 1.36 bits per heavy atom. The smallest absolute Gasteiger partial charge is 0.275 e. The highest BCUT2D eigenvalue weighted by Crippen LogP contribution is 2.28. The van der Waals surface area contributed by atoms with Gasteiger partial charge in [-0.3, -0.25) is 9.69 Å². The van der Waals surface area contributed by atoms with E-state index in [0.717, 1.165) is 28.1 Å². The molecule has 0 radical (unpaired) electrons. The average molecular weight is 421 g/mol. The van der Waals surface area contributed by atoms with Gasteiger partial charge in [0.25, 0.3) is 5.56 Å². The van der Waals surface area contributed by atoms with Crippen LogP contribution in [0.15, 0.2) is 39.6 Å². The van der Waals surface area contributed by atoms with Gasteiger partial charge in [-0.15, -0.1) is 0 Å². The van der Waals surface area contributed by atoms with Gasteiger partial charge in [0.2, 0.25) is 4.96 Å². The molecule has 0 fully saturated rings. The molecule has 2 aromatic heterocycles. The summed E-state index contributed by atoms with van der Waals surface area (Å²) in [5.41, 5.74) is 1.91. The van der Waals surface area contributed by atoms with E-state index in [-0.39, 0.29) is 11.6 Å². The van der Waals surface area contributed by atoms with Crippen molar-refractivity contribution in [3.63, 3.8) is 0 Å². The second-order valence-electron chi connectivity index (χ2n) is 6.07. The Morgan fingerprint density at radius 3 is 2.84 bits per heavy atom. The van der Waals surface area contributed by atoms with Crippen LogP contribution in [0.2, 0.25) is 0 Å². The highest BCUT2D eigenvalue weighted by Gasteiger charge is 2.19. The first-order valence-corrected chi connectivity index (χ1v) is 9.95. The van der Waals surface area contributed by atoms with E-state index >= 15 is 0 Å². The number of rotatable bonds is 6. The lowest BCUT2D eigenvalue weighted by Gasteiger charge is -2.29. The van der Waals surface area contributed by atoms with Crippen LogP contribution in [0.5, 0.6) is 0 Å². The topological polar surface area (TPSA) is 50.5 Å². The predicted molar refractivity (Wildman–Crippen MR) is 105 cm³/mol. The Morgan fingerprint density at radius 2 is 2.12 bits per heavy atom. The summed E-state index contributed by atoms with van der Waals surface area (Å²) >= 11 is 5.09. The molecule has 7 heteroatoms. The van der Waals surface area contributed by atoms with Gasteiger partial charge in [-0.05, 0) is 38.4 Å². The summed E-state index contributed by atoms with van der Waals surface area (Å²) in [7, 11) is 0. The molecule has 0 N–H and O–H groups in total. The molecule has 3 rings (SSSR count). The van der Waals surface area contributed by atoms with Crippen LogP contribution >= 0.6 is 27.3 Å². The fourth-order valence-electron chi connectivity index (χ4n) is 2.95. The molecule has 0 aliphatic heterocycles. The molecule has 132 valence electrons. The average Bonchev–Trinajstić information content (AvgIpc) is 2.95. The van der Waals surface area contributed by atoms with E-state index in [1.165, 1.54) is 21.4 Å². The molecule has 1 unspecified atom stereocenters. The normalized spacial score (nSPS) is 12.8. The maximum absolute atomic E-state index is 12.3. The van der Waals surface area contributed by atoms with Gasteiger partial charge in [-0.1, -0.05) is 52.4 Å². The van der Waals surface area contributed by atoms with Crippen LogP contribution in [-0.2, 0) is 6.54 Å². The van der Waals surface area contributed by atoms with Gasteiger partial charge in [0.05, 0.1) is 5.69 Å². The van der Waals surface area contributed by atoms with Crippen LogP contribution < -0.4 is 5.56 Å². The van der Waals surface area contributed by atoms with Crippen LogP contribution in [0.3, 0.4) is 0 Å². The molecule has 0 saturated heterocycles. The van der Waals surface area contributed by atoms with Gasteiger partial charge in [0.1, 0.15) is 5.01 Å². The van der Waals surface area contributed by atoms with Crippen molar-refractivity contribution in [3.05, 3.63) is 61.4 Å². The Labute approximate surface area is 159 Å². The second kappa shape index (κ2) is 7.76. The summed E-state index contributed by atoms with van der Waals surface area (Å²) in [5.74, 6) is 0. The summed E-state index contributed by atoms with van der Waals surface area (Å²) in [6, 6.07) is 10.1. The Kier molecular flexibility index (Phi) is 5.66. The quantitative estimate of drug-likeness (QED) is 0.599. The van der Waals surface area contributed by atoms with Crippen molar-refractivity contribution in [3.8, 4) is 0 Å². The Hall–Kier alpha value is -1.57. The van der Waals surface area contributed by atoms with Gasteiger partial charge in [-0.25, -0.2) is 4.98 Å². The Bertz CT molecular complexity index is 936. The number of fused-ring (bicyclic) bond motifs is 1. The highest BCUT2D eigenvalue weighted by molar-refractivity contribution is 9.10. The standard InChI is InChI=1S/C18H21BrN4OS/c1-4-9-22(12(2)15-7-5-6-8-16(15)19)11-14-10-17(24)23-18(20-14)25-13(3)21-23/h5-8,10,12H,4,9,11H2,1-3H3. The van der Waals surface area contributed by atoms with Gasteiger partial charge >= 0.3 is 0 Å². The SMILES string of the molecule is CCCN(Cc1cc(=O)n2nc(C)sc2n1)C(C)c1ccccc1Br. The first-order chi connectivity index (χ1) is 12.0. The first-order valence-electron chi connectivity index (χ1n) is 8.34. The van der Waals surface area contributed by atoms with Crippen molar-refractivity contribution in [1.82, 2.24) is 19.5 Å². The number of hydrogen-bond acceptors (Lipinski definition) is 5. The maximum atomic E-state index is 12.3. The van der Waals surface area contributed by atoms with Gasteiger partial charge in [-0.2, -0.15) is 9.61 Å². The monoisotopic (exact) mass is 420 g/mol. The van der Waals surface area contributed by atoms with Crippen molar-refractivity contribution in [1.29, 1.82) is 0 Å². The molecule has 1 aromatic carbocycles. The molecular weight excluding hydrogens is 400 g/mol. The molecule has 0 spiro atoms. The molecular formula is C18H21BrN4OS. The molecule has 25 heavy (non-hydrogen) atoms. The number of benzene rings is 1. The third-order valence-corrected chi connectivity index (χ3v) is 5.72. The van der Waals surface area contributed by atoms with Crippen LogP contribution in [0, 0.1) is 6.92 Å². The van der Waals surface area contributed by atoms with Crippen molar-refractivity contribution in [2.45, 2.75) is 39.8 Å². The number of halogens is 1. The molecule has 0 saturated carbocycles. The Balaban J connectivity index is 1.91. The zero-order chi connectivity index (χ0) is 18.0. The van der Waals surface area contributed by atoms with Gasteiger partial charge < -0.3 is 0 Å². The molecule has 3 aromatic rings. The van der Waals surface area contributed by atoms with Crippen molar-refractivity contribution < 1.29 is 0 Å². The molecule has 2 heterocycles. The number of aryl methyl sites for hydroxylation is 1. The summed E-state index contributed by atoms with van der Waals surface area (Å²) in [5, 5.41) is 5.05. The summed E-state index contributed by atoms with van der Waals surface area (Å²) in [6.07, 6.45) is 1.04. The number of nitrogens with zero attached hydrogens (tertiary/aromatic N) is 4. The number of hydrogen-bond donors (Lipinski definition) is 0. The minimum Gasteiger partial charge on any atom is -0.291 e. The van der Waals surface area contributed by atoms with Crippen molar-refractivity contribution in [2.24, 2.45) is 0 Å². The molecule has 0 bridgehead atoms. The highest BCUT2D eigenvalue weighted by atomic mass is 79.9. The van der Waals surface area contributed by atoms with Crippen LogP contribution in [0.1, 0.15) is 42.6 Å². The molecule has 0 aliphatic rings. The fourth-order valence-corrected chi connectivity index (χ4v) is 4.33.